The summed E-state index contributed by atoms with van der Waals surface area (Å²) in [6, 6.07) is 10.2. The highest BCUT2D eigenvalue weighted by Crippen LogP contribution is 2.28. The normalized spacial score (nSPS) is 13.0. The Bertz CT molecular complexity index is 1230. The van der Waals surface area contributed by atoms with Crippen LogP contribution < -0.4 is 5.56 Å². The van der Waals surface area contributed by atoms with E-state index in [1.54, 1.807) is 43.3 Å². The smallest absolute Gasteiger partial charge is 0.266 e. The third kappa shape index (κ3) is 4.06. The van der Waals surface area contributed by atoms with Gasteiger partial charge in [-0.2, -0.15) is 0 Å². The fourth-order valence-corrected chi connectivity index (χ4v) is 5.69. The van der Waals surface area contributed by atoms with Crippen molar-refractivity contribution in [2.75, 3.05) is 0 Å². The Labute approximate surface area is 184 Å². The van der Waals surface area contributed by atoms with Gasteiger partial charge in [-0.3, -0.25) is 9.36 Å². The number of aromatic nitrogens is 2. The zero-order valence-electron chi connectivity index (χ0n) is 15.1. The number of fused-ring (bicyclic) bond motifs is 1. The zero-order valence-corrected chi connectivity index (χ0v) is 19.9. The van der Waals surface area contributed by atoms with Gasteiger partial charge in [0.05, 0.1) is 26.9 Å². The Balaban J connectivity index is 2.40. The van der Waals surface area contributed by atoms with E-state index in [9.17, 15) is 13.2 Å². The Morgan fingerprint density at radius 3 is 2.54 bits per heavy atom. The highest BCUT2D eigenvalue weighted by atomic mass is 79.9. The van der Waals surface area contributed by atoms with Gasteiger partial charge < -0.3 is 0 Å². The average Bonchev–Trinajstić information content (AvgIpc) is 2.63. The van der Waals surface area contributed by atoms with E-state index in [1.807, 2.05) is 6.92 Å². The molecule has 1 aromatic heterocycles. The lowest BCUT2D eigenvalue weighted by atomic mass is 10.2. The van der Waals surface area contributed by atoms with Gasteiger partial charge in [-0.05, 0) is 53.5 Å². The second kappa shape index (κ2) is 8.26. The molecule has 1 atom stereocenters. The van der Waals surface area contributed by atoms with E-state index in [1.165, 1.54) is 4.57 Å². The average molecular weight is 549 g/mol. The molecule has 9 heteroatoms. The molecular formula is C19H17Br2ClN2O3S. The van der Waals surface area contributed by atoms with Crippen molar-refractivity contribution in [3.05, 3.63) is 66.5 Å². The van der Waals surface area contributed by atoms with Crippen LogP contribution in [-0.4, -0.2) is 23.2 Å². The third-order valence-corrected chi connectivity index (χ3v) is 8.17. The van der Waals surface area contributed by atoms with Gasteiger partial charge in [0.15, 0.2) is 9.84 Å². The molecule has 0 spiro atoms. The lowest BCUT2D eigenvalue weighted by molar-refractivity contribution is 0.577. The Hall–Kier alpha value is -1.22. The molecule has 1 unspecified atom stereocenters. The van der Waals surface area contributed by atoms with Crippen LogP contribution in [0.1, 0.15) is 26.1 Å². The van der Waals surface area contributed by atoms with Crippen LogP contribution in [0.3, 0.4) is 0 Å². The van der Waals surface area contributed by atoms with Crippen LogP contribution in [-0.2, 0) is 15.6 Å². The predicted molar refractivity (Wildman–Crippen MR) is 120 cm³/mol. The van der Waals surface area contributed by atoms with Gasteiger partial charge in [-0.25, -0.2) is 13.4 Å². The summed E-state index contributed by atoms with van der Waals surface area (Å²) in [7, 11) is -3.50. The fourth-order valence-electron chi connectivity index (χ4n) is 2.81. The number of rotatable bonds is 5. The Morgan fingerprint density at radius 2 is 1.89 bits per heavy atom. The lowest BCUT2D eigenvalue weighted by Gasteiger charge is -2.17. The molecule has 0 amide bonds. The van der Waals surface area contributed by atoms with Crippen LogP contribution in [0.15, 0.2) is 50.1 Å². The highest BCUT2D eigenvalue weighted by Gasteiger charge is 2.25. The highest BCUT2D eigenvalue weighted by molar-refractivity contribution is 9.11. The molecule has 1 heterocycles. The number of sulfone groups is 1. The Kier molecular flexibility index (Phi) is 6.34. The van der Waals surface area contributed by atoms with E-state index in [0.717, 1.165) is 0 Å². The molecule has 28 heavy (non-hydrogen) atoms. The van der Waals surface area contributed by atoms with Gasteiger partial charge in [-0.1, -0.05) is 46.6 Å². The maximum absolute atomic E-state index is 13.4. The second-order valence-corrected chi connectivity index (χ2v) is 11.0. The summed E-state index contributed by atoms with van der Waals surface area (Å²) < 4.78 is 28.2. The van der Waals surface area contributed by atoms with E-state index in [-0.39, 0.29) is 17.1 Å². The molecule has 0 saturated carbocycles. The van der Waals surface area contributed by atoms with E-state index in [4.69, 9.17) is 11.6 Å². The van der Waals surface area contributed by atoms with Crippen molar-refractivity contribution < 1.29 is 8.42 Å². The maximum Gasteiger partial charge on any atom is 0.266 e. The van der Waals surface area contributed by atoms with Crippen LogP contribution in [0, 0.1) is 0 Å². The minimum atomic E-state index is -3.50. The van der Waals surface area contributed by atoms with E-state index in [2.05, 4.69) is 36.8 Å². The SMILES string of the molecule is CCC(C)S(=O)(=O)Cc1nc2c(Br)cc(Br)cc2c(=O)n1-c1ccccc1Cl. The molecule has 0 radical (unpaired) electrons. The summed E-state index contributed by atoms with van der Waals surface area (Å²) in [4.78, 5) is 17.9. The number of nitrogens with zero attached hydrogens (tertiary/aromatic N) is 2. The number of hydrogen-bond acceptors (Lipinski definition) is 4. The fraction of sp³-hybridized carbons (Fsp3) is 0.263. The second-order valence-electron chi connectivity index (χ2n) is 6.43. The molecule has 0 aliphatic rings. The lowest BCUT2D eigenvalue weighted by Crippen LogP contribution is -2.28. The predicted octanol–water partition coefficient (Wildman–Crippen LogP) is 5.28. The molecule has 0 N–H and O–H groups in total. The molecule has 5 nitrogen and oxygen atoms in total. The van der Waals surface area contributed by atoms with Crippen molar-refractivity contribution in [1.29, 1.82) is 0 Å². The number of benzene rings is 2. The molecular weight excluding hydrogens is 532 g/mol. The van der Waals surface area contributed by atoms with E-state index in [0.29, 0.717) is 37.0 Å². The topological polar surface area (TPSA) is 69.0 Å². The van der Waals surface area contributed by atoms with Gasteiger partial charge >= 0.3 is 0 Å². The minimum absolute atomic E-state index is 0.133. The van der Waals surface area contributed by atoms with Gasteiger partial charge in [0.2, 0.25) is 0 Å². The first kappa shape index (κ1) is 21.5. The van der Waals surface area contributed by atoms with Crippen molar-refractivity contribution >= 4 is 64.2 Å². The molecule has 0 aliphatic heterocycles. The van der Waals surface area contributed by atoms with E-state index < -0.39 is 15.1 Å². The van der Waals surface area contributed by atoms with E-state index >= 15 is 0 Å². The quantitative estimate of drug-likeness (QED) is 0.435. The molecule has 0 fully saturated rings. The summed E-state index contributed by atoms with van der Waals surface area (Å²) in [5, 5.41) is 0.140. The largest absolute Gasteiger partial charge is 0.268 e. The monoisotopic (exact) mass is 546 g/mol. The van der Waals surface area contributed by atoms with Gasteiger partial charge in [0, 0.05) is 8.95 Å². The van der Waals surface area contributed by atoms with Crippen molar-refractivity contribution in [1.82, 2.24) is 9.55 Å². The number of para-hydroxylation sites is 1. The summed E-state index contributed by atoms with van der Waals surface area (Å²) in [5.41, 5.74) is 0.425. The maximum atomic E-state index is 13.4. The minimum Gasteiger partial charge on any atom is -0.268 e. The zero-order chi connectivity index (χ0) is 20.6. The van der Waals surface area contributed by atoms with Crippen LogP contribution in [0.2, 0.25) is 5.02 Å². The molecule has 2 aromatic carbocycles. The van der Waals surface area contributed by atoms with Crippen molar-refractivity contribution in [2.45, 2.75) is 31.3 Å². The first-order chi connectivity index (χ1) is 13.2. The summed E-state index contributed by atoms with van der Waals surface area (Å²) >= 11 is 13.1. The van der Waals surface area contributed by atoms with Crippen molar-refractivity contribution in [3.8, 4) is 5.69 Å². The molecule has 0 aliphatic carbocycles. The first-order valence-corrected chi connectivity index (χ1v) is 12.2. The van der Waals surface area contributed by atoms with Gasteiger partial charge in [-0.15, -0.1) is 0 Å². The van der Waals surface area contributed by atoms with Crippen molar-refractivity contribution in [3.63, 3.8) is 0 Å². The summed E-state index contributed by atoms with van der Waals surface area (Å²) in [6.45, 7) is 3.46. The van der Waals surface area contributed by atoms with Crippen LogP contribution in [0.25, 0.3) is 16.6 Å². The third-order valence-electron chi connectivity index (χ3n) is 4.57. The molecule has 3 rings (SSSR count). The molecule has 148 valence electrons. The first-order valence-electron chi connectivity index (χ1n) is 8.53. The summed E-state index contributed by atoms with van der Waals surface area (Å²) in [6.07, 6.45) is 0.475. The summed E-state index contributed by atoms with van der Waals surface area (Å²) in [5.74, 6) is -0.227. The van der Waals surface area contributed by atoms with Crippen LogP contribution in [0.5, 0.6) is 0 Å². The van der Waals surface area contributed by atoms with Gasteiger partial charge in [0.1, 0.15) is 11.6 Å². The number of halogens is 3. The molecule has 0 saturated heterocycles. The van der Waals surface area contributed by atoms with Crippen LogP contribution >= 0.6 is 43.5 Å². The van der Waals surface area contributed by atoms with Crippen LogP contribution in [0.4, 0.5) is 0 Å². The van der Waals surface area contributed by atoms with Crippen molar-refractivity contribution in [2.24, 2.45) is 0 Å². The Morgan fingerprint density at radius 1 is 1.21 bits per heavy atom. The van der Waals surface area contributed by atoms with Gasteiger partial charge in [0.25, 0.3) is 5.56 Å². The molecule has 0 bridgehead atoms. The molecule has 3 aromatic rings. The number of hydrogen-bond donors (Lipinski definition) is 0. The standard InChI is InChI=1S/C19H17Br2ClN2O3S/c1-3-11(2)28(26,27)10-17-23-18-13(8-12(20)9-14(18)21)19(25)24(17)16-7-5-4-6-15(16)22/h4-9,11H,3,10H2,1-2H3.